The van der Waals surface area contributed by atoms with Gasteiger partial charge in [0.05, 0.1) is 12.1 Å². The van der Waals surface area contributed by atoms with E-state index in [1.165, 1.54) is 5.56 Å². The van der Waals surface area contributed by atoms with Gasteiger partial charge in [-0.05, 0) is 37.7 Å². The minimum atomic E-state index is 0.757. The van der Waals surface area contributed by atoms with Crippen molar-refractivity contribution in [3.8, 4) is 0 Å². The molecule has 1 aromatic heterocycles. The minimum Gasteiger partial charge on any atom is -0.398 e. The Kier molecular flexibility index (Phi) is 4.71. The van der Waals surface area contributed by atoms with Gasteiger partial charge in [-0.1, -0.05) is 6.07 Å². The highest BCUT2D eigenvalue weighted by Crippen LogP contribution is 2.23. The number of nitrogens with zero attached hydrogens (tertiary/aromatic N) is 2. The Hall–Kier alpha value is -1.65. The molecule has 2 aromatic rings. The average molecular weight is 259 g/mol. The number of hydrogen-bond donors (Lipinski definition) is 1. The quantitative estimate of drug-likeness (QED) is 0.639. The summed E-state index contributed by atoms with van der Waals surface area (Å²) >= 11 is 0. The third-order valence-electron chi connectivity index (χ3n) is 3.15. The first-order chi connectivity index (χ1) is 9.22. The van der Waals surface area contributed by atoms with Crippen molar-refractivity contribution >= 4 is 16.6 Å². The van der Waals surface area contributed by atoms with Crippen molar-refractivity contribution in [1.29, 1.82) is 0 Å². The van der Waals surface area contributed by atoms with Crippen LogP contribution in [0.25, 0.3) is 10.9 Å². The maximum Gasteiger partial charge on any atom is 0.0767 e. The number of hydrogen-bond acceptors (Lipinski definition) is 4. The second-order valence-electron chi connectivity index (χ2n) is 4.65. The number of rotatable bonds is 6. The van der Waals surface area contributed by atoms with Gasteiger partial charge in [-0.15, -0.1) is 0 Å². The summed E-state index contributed by atoms with van der Waals surface area (Å²) in [6.07, 6.45) is 1.81. The van der Waals surface area contributed by atoms with Crippen LogP contribution in [0.1, 0.15) is 12.5 Å². The van der Waals surface area contributed by atoms with Gasteiger partial charge in [0, 0.05) is 37.0 Å². The number of pyridine rings is 1. The molecule has 0 unspecified atom stereocenters. The van der Waals surface area contributed by atoms with Crippen molar-refractivity contribution in [1.82, 2.24) is 9.88 Å². The van der Waals surface area contributed by atoms with E-state index in [-0.39, 0.29) is 0 Å². The Morgan fingerprint density at radius 2 is 2.16 bits per heavy atom. The molecule has 19 heavy (non-hydrogen) atoms. The minimum absolute atomic E-state index is 0.757. The van der Waals surface area contributed by atoms with Crippen molar-refractivity contribution in [2.45, 2.75) is 13.5 Å². The third-order valence-corrected chi connectivity index (χ3v) is 3.15. The highest BCUT2D eigenvalue weighted by molar-refractivity contribution is 5.92. The van der Waals surface area contributed by atoms with E-state index in [4.69, 9.17) is 10.5 Å². The Labute approximate surface area is 114 Å². The number of anilines is 1. The molecule has 2 N–H and O–H groups in total. The molecule has 0 bridgehead atoms. The lowest BCUT2D eigenvalue weighted by Gasteiger charge is -2.17. The second kappa shape index (κ2) is 6.50. The molecule has 1 aromatic carbocycles. The molecule has 0 saturated carbocycles. The van der Waals surface area contributed by atoms with Gasteiger partial charge >= 0.3 is 0 Å². The summed E-state index contributed by atoms with van der Waals surface area (Å²) in [6, 6.07) is 7.94. The topological polar surface area (TPSA) is 51.4 Å². The average Bonchev–Trinajstić information content (AvgIpc) is 2.43. The summed E-state index contributed by atoms with van der Waals surface area (Å²) in [4.78, 5) is 6.69. The maximum atomic E-state index is 5.98. The van der Waals surface area contributed by atoms with Gasteiger partial charge in [0.15, 0.2) is 0 Å². The molecule has 1 heterocycles. The molecule has 2 rings (SSSR count). The normalized spacial score (nSPS) is 11.3. The van der Waals surface area contributed by atoms with Gasteiger partial charge < -0.3 is 10.5 Å². The number of aromatic nitrogens is 1. The zero-order valence-electron chi connectivity index (χ0n) is 11.6. The Morgan fingerprint density at radius 3 is 2.95 bits per heavy atom. The molecule has 0 aliphatic heterocycles. The number of ether oxygens (including phenoxy) is 1. The van der Waals surface area contributed by atoms with Gasteiger partial charge in [0.2, 0.25) is 0 Å². The van der Waals surface area contributed by atoms with Gasteiger partial charge in [0.1, 0.15) is 0 Å². The Bertz CT molecular complexity index is 542. The lowest BCUT2D eigenvalue weighted by atomic mass is 10.1. The van der Waals surface area contributed by atoms with Crippen molar-refractivity contribution < 1.29 is 4.74 Å². The molecular weight excluding hydrogens is 238 g/mol. The summed E-state index contributed by atoms with van der Waals surface area (Å²) in [7, 11) is 2.09. The molecule has 0 radical (unpaired) electrons. The van der Waals surface area contributed by atoms with E-state index in [9.17, 15) is 0 Å². The highest BCUT2D eigenvalue weighted by atomic mass is 16.5. The molecule has 4 nitrogen and oxygen atoms in total. The fourth-order valence-corrected chi connectivity index (χ4v) is 2.12. The number of benzene rings is 1. The SMILES string of the molecule is CCOCCN(C)Cc1ccc(N)c2cccnc12. The molecule has 0 fully saturated rings. The van der Waals surface area contributed by atoms with Gasteiger partial charge in [-0.2, -0.15) is 0 Å². The lowest BCUT2D eigenvalue weighted by Crippen LogP contribution is -2.23. The van der Waals surface area contributed by atoms with Gasteiger partial charge in [0.25, 0.3) is 0 Å². The van der Waals surface area contributed by atoms with E-state index in [0.29, 0.717) is 0 Å². The number of nitrogens with two attached hydrogens (primary N) is 1. The third kappa shape index (κ3) is 3.43. The summed E-state index contributed by atoms with van der Waals surface area (Å²) in [5.41, 5.74) is 8.95. The first-order valence-electron chi connectivity index (χ1n) is 6.60. The Balaban J connectivity index is 2.14. The highest BCUT2D eigenvalue weighted by Gasteiger charge is 2.07. The van der Waals surface area contributed by atoms with Crippen molar-refractivity contribution in [2.75, 3.05) is 32.5 Å². The molecule has 102 valence electrons. The summed E-state index contributed by atoms with van der Waals surface area (Å²) in [5.74, 6) is 0. The van der Waals surface area contributed by atoms with Crippen LogP contribution < -0.4 is 5.73 Å². The van der Waals surface area contributed by atoms with Crippen LogP contribution >= 0.6 is 0 Å². The summed E-state index contributed by atoms with van der Waals surface area (Å²) < 4.78 is 5.37. The van der Waals surface area contributed by atoms with E-state index in [1.807, 2.05) is 31.3 Å². The zero-order chi connectivity index (χ0) is 13.7. The van der Waals surface area contributed by atoms with Gasteiger partial charge in [-0.3, -0.25) is 9.88 Å². The molecule has 0 saturated heterocycles. The van der Waals surface area contributed by atoms with Gasteiger partial charge in [-0.25, -0.2) is 0 Å². The smallest absolute Gasteiger partial charge is 0.0767 e. The van der Waals surface area contributed by atoms with E-state index < -0.39 is 0 Å². The summed E-state index contributed by atoms with van der Waals surface area (Å²) in [5, 5.41) is 1.03. The molecule has 4 heteroatoms. The van der Waals surface area contributed by atoms with Crippen LogP contribution in [0, 0.1) is 0 Å². The van der Waals surface area contributed by atoms with Crippen molar-refractivity contribution in [3.05, 3.63) is 36.0 Å². The monoisotopic (exact) mass is 259 g/mol. The molecule has 0 spiro atoms. The number of nitrogen functional groups attached to an aromatic ring is 1. The standard InChI is InChI=1S/C15H21N3O/c1-3-19-10-9-18(2)11-12-6-7-14(16)13-5-4-8-17-15(12)13/h4-8H,3,9-11,16H2,1-2H3. The number of fused-ring (bicyclic) bond motifs is 1. The van der Waals surface area contributed by atoms with Crippen LogP contribution in [-0.4, -0.2) is 36.7 Å². The van der Waals surface area contributed by atoms with Crippen molar-refractivity contribution in [3.63, 3.8) is 0 Å². The van der Waals surface area contributed by atoms with Crippen LogP contribution in [0.3, 0.4) is 0 Å². The molecule has 0 aliphatic rings. The zero-order valence-corrected chi connectivity index (χ0v) is 11.6. The maximum absolute atomic E-state index is 5.98. The van der Waals surface area contributed by atoms with Crippen LogP contribution in [-0.2, 0) is 11.3 Å². The largest absolute Gasteiger partial charge is 0.398 e. The van der Waals surface area contributed by atoms with E-state index in [1.54, 1.807) is 0 Å². The molecular formula is C15H21N3O. The predicted octanol–water partition coefficient (Wildman–Crippen LogP) is 2.29. The first-order valence-corrected chi connectivity index (χ1v) is 6.60. The number of likely N-dealkylation sites (N-methyl/N-ethyl adjacent to an activating group) is 1. The van der Waals surface area contributed by atoms with Crippen LogP contribution in [0.15, 0.2) is 30.5 Å². The van der Waals surface area contributed by atoms with Crippen LogP contribution in [0.4, 0.5) is 5.69 Å². The predicted molar refractivity (Wildman–Crippen MR) is 79.0 cm³/mol. The first kappa shape index (κ1) is 13.8. The molecule has 0 amide bonds. The van der Waals surface area contributed by atoms with E-state index in [0.717, 1.165) is 42.9 Å². The van der Waals surface area contributed by atoms with E-state index >= 15 is 0 Å². The van der Waals surface area contributed by atoms with Crippen LogP contribution in [0.5, 0.6) is 0 Å². The van der Waals surface area contributed by atoms with Crippen LogP contribution in [0.2, 0.25) is 0 Å². The molecule has 0 aliphatic carbocycles. The van der Waals surface area contributed by atoms with Crippen molar-refractivity contribution in [2.24, 2.45) is 0 Å². The Morgan fingerprint density at radius 1 is 1.32 bits per heavy atom. The molecule has 0 atom stereocenters. The lowest BCUT2D eigenvalue weighted by molar-refractivity contribution is 0.120. The van der Waals surface area contributed by atoms with E-state index in [2.05, 4.69) is 23.0 Å². The summed E-state index contributed by atoms with van der Waals surface area (Å²) in [6.45, 7) is 5.29. The second-order valence-corrected chi connectivity index (χ2v) is 4.65. The fraction of sp³-hybridized carbons (Fsp3) is 0.400. The fourth-order valence-electron chi connectivity index (χ4n) is 2.12.